The molecular weight excluding hydrogens is 683 g/mol. The number of hydrogen-bond acceptors (Lipinski definition) is 3. The second kappa shape index (κ2) is 13.0. The number of benzene rings is 8. The molecule has 0 saturated carbocycles. The first-order chi connectivity index (χ1) is 29.8. The lowest BCUT2D eigenvalue weighted by molar-refractivity contribution is 1.07. The van der Waals surface area contributed by atoms with Gasteiger partial charge in [0.15, 0.2) is 17.5 Å². The summed E-state index contributed by atoms with van der Waals surface area (Å²) in [6.45, 7) is 0. The number of fused-ring (bicyclic) bond motifs is 6. The van der Waals surface area contributed by atoms with E-state index < -0.39 is 6.04 Å². The molecule has 0 fully saturated rings. The SMILES string of the molecule is [2H]c1c([2H])c([2H])c(-n2c3ccccc3c3cc(-c4ccc5c6ccccc6n(-c6cccc(-c7nc(-c8ccccc8)nc(-c8ccccc8)n7)c6)c5c4)ccc32)c([2H])c1[2H]. The molecule has 5 heteroatoms. The van der Waals surface area contributed by atoms with Crippen molar-refractivity contribution in [1.29, 1.82) is 0 Å². The lowest BCUT2D eigenvalue weighted by Gasteiger charge is -2.12. The van der Waals surface area contributed by atoms with Gasteiger partial charge in [-0.15, -0.1) is 0 Å². The van der Waals surface area contributed by atoms with Crippen LogP contribution in [0, 0.1) is 0 Å². The maximum atomic E-state index is 8.80. The van der Waals surface area contributed by atoms with Gasteiger partial charge in [0.2, 0.25) is 0 Å². The first kappa shape index (κ1) is 27.0. The molecular formula is C51H33N5. The van der Waals surface area contributed by atoms with E-state index in [0.717, 1.165) is 77.1 Å². The van der Waals surface area contributed by atoms with E-state index >= 15 is 0 Å². The van der Waals surface area contributed by atoms with E-state index in [9.17, 15) is 0 Å². The third-order valence-electron chi connectivity index (χ3n) is 10.5. The van der Waals surface area contributed by atoms with Crippen molar-refractivity contribution in [2.75, 3.05) is 0 Å². The summed E-state index contributed by atoms with van der Waals surface area (Å²) in [5.41, 5.74) is 9.35. The molecule has 0 aliphatic heterocycles. The Labute approximate surface area is 330 Å². The number of hydrogen-bond donors (Lipinski definition) is 0. The van der Waals surface area contributed by atoms with Crippen LogP contribution < -0.4 is 0 Å². The number of aromatic nitrogens is 5. The van der Waals surface area contributed by atoms with Gasteiger partial charge >= 0.3 is 0 Å². The molecule has 0 atom stereocenters. The van der Waals surface area contributed by atoms with Crippen molar-refractivity contribution in [3.05, 3.63) is 200 Å². The molecule has 0 aliphatic rings. The Hall–Kier alpha value is -7.63. The number of rotatable bonds is 6. The molecule has 0 spiro atoms. The normalized spacial score (nSPS) is 12.8. The Kier molecular flexibility index (Phi) is 6.29. The summed E-state index contributed by atoms with van der Waals surface area (Å²) in [6, 6.07) is 55.6. The van der Waals surface area contributed by atoms with E-state index in [0.29, 0.717) is 17.5 Å². The van der Waals surface area contributed by atoms with Gasteiger partial charge in [-0.05, 0) is 65.7 Å². The fourth-order valence-corrected chi connectivity index (χ4v) is 7.90. The molecule has 0 unspecified atom stereocenters. The largest absolute Gasteiger partial charge is 0.309 e. The first-order valence-corrected chi connectivity index (χ1v) is 18.5. The fraction of sp³-hybridized carbons (Fsp3) is 0. The molecule has 0 saturated heterocycles. The van der Waals surface area contributed by atoms with Crippen LogP contribution in [0.1, 0.15) is 6.85 Å². The Morgan fingerprint density at radius 3 is 1.50 bits per heavy atom. The summed E-state index contributed by atoms with van der Waals surface area (Å²) in [7, 11) is 0. The Bertz CT molecular complexity index is 3460. The van der Waals surface area contributed by atoms with Gasteiger partial charge in [0.05, 0.1) is 28.9 Å². The lowest BCUT2D eigenvalue weighted by Crippen LogP contribution is -2.01. The first-order valence-electron chi connectivity index (χ1n) is 21.0. The minimum absolute atomic E-state index is 0.128. The molecule has 11 aromatic rings. The topological polar surface area (TPSA) is 48.5 Å². The average Bonchev–Trinajstić information content (AvgIpc) is 3.83. The molecule has 0 amide bonds. The molecule has 5 nitrogen and oxygen atoms in total. The van der Waals surface area contributed by atoms with Gasteiger partial charge in [-0.25, -0.2) is 15.0 Å². The van der Waals surface area contributed by atoms with Crippen LogP contribution in [-0.4, -0.2) is 24.1 Å². The third kappa shape index (κ3) is 5.29. The molecule has 56 heavy (non-hydrogen) atoms. The maximum Gasteiger partial charge on any atom is 0.164 e. The van der Waals surface area contributed by atoms with Gasteiger partial charge in [0.1, 0.15) is 0 Å². The third-order valence-corrected chi connectivity index (χ3v) is 10.5. The maximum absolute atomic E-state index is 8.80. The van der Waals surface area contributed by atoms with Crippen molar-refractivity contribution in [1.82, 2.24) is 24.1 Å². The van der Waals surface area contributed by atoms with E-state index in [4.69, 9.17) is 21.8 Å². The van der Waals surface area contributed by atoms with Gasteiger partial charge in [0.25, 0.3) is 0 Å². The van der Waals surface area contributed by atoms with E-state index in [1.807, 2.05) is 109 Å². The Balaban J connectivity index is 1.08. The zero-order valence-electron chi connectivity index (χ0n) is 34.9. The summed E-state index contributed by atoms with van der Waals surface area (Å²) in [5.74, 6) is 1.78. The standard InChI is InChI=1S/C51H33N5/c1-4-15-34(16-5-1)49-52-50(35-17-6-2-7-18-35)54-51(53-49)38-19-14-22-40(31-38)56-45-25-12-10-23-41(45)43-29-27-37(33-48(43)56)36-28-30-47-44(32-36)42-24-11-13-26-46(42)55(47)39-20-8-3-9-21-39/h1-33H/i3D,8D,9D,20D,21D. The zero-order valence-corrected chi connectivity index (χ0v) is 29.9. The van der Waals surface area contributed by atoms with Crippen LogP contribution >= 0.6 is 0 Å². The second-order valence-corrected chi connectivity index (χ2v) is 13.7. The van der Waals surface area contributed by atoms with Crippen molar-refractivity contribution in [3.8, 4) is 56.7 Å². The number of para-hydroxylation sites is 3. The van der Waals surface area contributed by atoms with Gasteiger partial charge in [0, 0.05) is 49.6 Å². The summed E-state index contributed by atoms with van der Waals surface area (Å²) in [5, 5.41) is 4.07. The van der Waals surface area contributed by atoms with Gasteiger partial charge < -0.3 is 9.13 Å². The molecule has 262 valence electrons. The van der Waals surface area contributed by atoms with Crippen molar-refractivity contribution < 1.29 is 6.85 Å². The average molecular weight is 721 g/mol. The van der Waals surface area contributed by atoms with Gasteiger partial charge in [-0.3, -0.25) is 0 Å². The highest BCUT2D eigenvalue weighted by Gasteiger charge is 2.18. The molecule has 11 rings (SSSR count). The van der Waals surface area contributed by atoms with Crippen molar-refractivity contribution in [2.24, 2.45) is 0 Å². The minimum Gasteiger partial charge on any atom is -0.309 e. The van der Waals surface area contributed by atoms with Crippen LogP contribution in [0.25, 0.3) is 100 Å². The highest BCUT2D eigenvalue weighted by atomic mass is 15.0. The van der Waals surface area contributed by atoms with Gasteiger partial charge in [-0.2, -0.15) is 0 Å². The van der Waals surface area contributed by atoms with E-state index in [1.165, 1.54) is 0 Å². The van der Waals surface area contributed by atoms with Crippen LogP contribution in [0.2, 0.25) is 0 Å². The van der Waals surface area contributed by atoms with Crippen molar-refractivity contribution in [2.45, 2.75) is 0 Å². The van der Waals surface area contributed by atoms with E-state index in [2.05, 4.69) is 65.2 Å². The quantitative estimate of drug-likeness (QED) is 0.172. The second-order valence-electron chi connectivity index (χ2n) is 13.7. The zero-order chi connectivity index (χ0) is 41.4. The van der Waals surface area contributed by atoms with E-state index in [-0.39, 0.29) is 29.9 Å². The summed E-state index contributed by atoms with van der Waals surface area (Å²) in [4.78, 5) is 14.9. The monoisotopic (exact) mass is 720 g/mol. The molecule has 3 heterocycles. The summed E-state index contributed by atoms with van der Waals surface area (Å²) < 4.78 is 46.6. The van der Waals surface area contributed by atoms with Crippen LogP contribution in [0.5, 0.6) is 0 Å². The summed E-state index contributed by atoms with van der Waals surface area (Å²) in [6.07, 6.45) is 0. The molecule has 0 N–H and O–H groups in total. The smallest absolute Gasteiger partial charge is 0.164 e. The molecule has 0 aliphatic carbocycles. The molecule has 0 radical (unpaired) electrons. The predicted molar refractivity (Wildman–Crippen MR) is 230 cm³/mol. The molecule has 3 aromatic heterocycles. The molecule has 0 bridgehead atoms. The van der Waals surface area contributed by atoms with Crippen LogP contribution in [0.15, 0.2) is 200 Å². The predicted octanol–water partition coefficient (Wildman–Crippen LogP) is 12.7. The van der Waals surface area contributed by atoms with Crippen LogP contribution in [0.4, 0.5) is 0 Å². The number of nitrogens with zero attached hydrogens (tertiary/aromatic N) is 5. The lowest BCUT2D eigenvalue weighted by atomic mass is 10.0. The Morgan fingerprint density at radius 1 is 0.321 bits per heavy atom. The van der Waals surface area contributed by atoms with Crippen molar-refractivity contribution >= 4 is 43.6 Å². The summed E-state index contributed by atoms with van der Waals surface area (Å²) >= 11 is 0. The van der Waals surface area contributed by atoms with E-state index in [1.54, 1.807) is 4.57 Å². The van der Waals surface area contributed by atoms with Crippen molar-refractivity contribution in [3.63, 3.8) is 0 Å². The highest BCUT2D eigenvalue weighted by molar-refractivity contribution is 6.12. The van der Waals surface area contributed by atoms with Crippen LogP contribution in [-0.2, 0) is 0 Å². The minimum atomic E-state index is -0.415. The molecule has 8 aromatic carbocycles. The Morgan fingerprint density at radius 2 is 0.821 bits per heavy atom. The fourth-order valence-electron chi connectivity index (χ4n) is 7.90. The highest BCUT2D eigenvalue weighted by Crippen LogP contribution is 2.38. The van der Waals surface area contributed by atoms with Crippen LogP contribution in [0.3, 0.4) is 0 Å². The van der Waals surface area contributed by atoms with Gasteiger partial charge in [-0.1, -0.05) is 146 Å².